The molecule has 1 heterocycles. The van der Waals surface area contributed by atoms with Crippen molar-refractivity contribution in [1.29, 1.82) is 0 Å². The van der Waals surface area contributed by atoms with Gasteiger partial charge in [0.2, 0.25) is 0 Å². The van der Waals surface area contributed by atoms with E-state index in [0.29, 0.717) is 11.1 Å². The van der Waals surface area contributed by atoms with Crippen LogP contribution in [0.15, 0.2) is 18.2 Å². The molecule has 0 aliphatic heterocycles. The van der Waals surface area contributed by atoms with Gasteiger partial charge < -0.3 is 5.11 Å². The van der Waals surface area contributed by atoms with Crippen LogP contribution in [0.5, 0.6) is 5.75 Å². The van der Waals surface area contributed by atoms with Crippen LogP contribution in [0.4, 0.5) is 0 Å². The second-order valence-electron chi connectivity index (χ2n) is 2.70. The van der Waals surface area contributed by atoms with Crippen LogP contribution >= 0.6 is 38.9 Å². The molecule has 0 bridgehead atoms. The van der Waals surface area contributed by atoms with E-state index in [1.54, 1.807) is 6.07 Å². The van der Waals surface area contributed by atoms with Crippen molar-refractivity contribution in [3.8, 4) is 5.75 Å². The molecule has 2 aromatic rings. The number of phenolic OH excluding ortho intramolecular Hbond substituents is 1. The molecule has 1 nitrogen and oxygen atoms in total. The lowest BCUT2D eigenvalue weighted by molar-refractivity contribution is 0.472. The van der Waals surface area contributed by atoms with Gasteiger partial charge >= 0.3 is 0 Å². The van der Waals surface area contributed by atoms with E-state index < -0.39 is 0 Å². The molecule has 0 amide bonds. The number of fused-ring (bicyclic) bond motifs is 1. The van der Waals surface area contributed by atoms with E-state index in [9.17, 15) is 5.11 Å². The van der Waals surface area contributed by atoms with Crippen molar-refractivity contribution in [2.45, 2.75) is 5.33 Å². The molecule has 0 aliphatic rings. The van der Waals surface area contributed by atoms with Gasteiger partial charge in [-0.1, -0.05) is 27.5 Å². The lowest BCUT2D eigenvalue weighted by Crippen LogP contribution is -1.77. The Morgan fingerprint density at radius 2 is 2.15 bits per heavy atom. The maximum Gasteiger partial charge on any atom is 0.121 e. The summed E-state index contributed by atoms with van der Waals surface area (Å²) in [6.45, 7) is 0. The number of phenols is 1. The molecule has 0 saturated heterocycles. The Labute approximate surface area is 93.1 Å². The Bertz CT molecular complexity index is 452. The normalized spacial score (nSPS) is 10.9. The molecule has 0 saturated carbocycles. The summed E-state index contributed by atoms with van der Waals surface area (Å²) in [5.41, 5.74) is 0.891. The average molecular weight is 278 g/mol. The van der Waals surface area contributed by atoms with E-state index in [0.717, 1.165) is 20.0 Å². The molecule has 4 heteroatoms. The zero-order chi connectivity index (χ0) is 9.42. The van der Waals surface area contributed by atoms with Gasteiger partial charge in [-0.2, -0.15) is 0 Å². The Morgan fingerprint density at radius 3 is 2.85 bits per heavy atom. The molecule has 0 aliphatic carbocycles. The number of hydrogen-bond acceptors (Lipinski definition) is 2. The Morgan fingerprint density at radius 1 is 1.38 bits per heavy atom. The molecule has 1 N–H and O–H groups in total. The summed E-state index contributed by atoms with van der Waals surface area (Å²) in [5, 5.41) is 11.3. The molecular formula is C9H6BrClOS. The van der Waals surface area contributed by atoms with Gasteiger partial charge in [-0.05, 0) is 23.6 Å². The topological polar surface area (TPSA) is 20.2 Å². The number of halogens is 2. The molecule has 1 aromatic heterocycles. The predicted octanol–water partition coefficient (Wildman–Crippen LogP) is 4.16. The summed E-state index contributed by atoms with van der Waals surface area (Å²) in [7, 11) is 0. The number of thiophene rings is 1. The zero-order valence-corrected chi connectivity index (χ0v) is 9.71. The van der Waals surface area contributed by atoms with Gasteiger partial charge in [0.25, 0.3) is 0 Å². The van der Waals surface area contributed by atoms with Crippen LogP contribution in [-0.4, -0.2) is 5.11 Å². The van der Waals surface area contributed by atoms with Crippen molar-refractivity contribution < 1.29 is 5.11 Å². The third-order valence-electron chi connectivity index (χ3n) is 1.83. The Balaban J connectivity index is 2.72. The highest BCUT2D eigenvalue weighted by molar-refractivity contribution is 9.08. The number of hydrogen-bond donors (Lipinski definition) is 1. The van der Waals surface area contributed by atoms with Crippen molar-refractivity contribution in [1.82, 2.24) is 0 Å². The van der Waals surface area contributed by atoms with Crippen LogP contribution in [0.2, 0.25) is 4.34 Å². The molecular weight excluding hydrogens is 272 g/mol. The average Bonchev–Trinajstić information content (AvgIpc) is 2.42. The smallest absolute Gasteiger partial charge is 0.121 e. The third kappa shape index (κ3) is 1.68. The van der Waals surface area contributed by atoms with E-state index in [-0.39, 0.29) is 0 Å². The first-order valence-electron chi connectivity index (χ1n) is 3.67. The summed E-state index contributed by atoms with van der Waals surface area (Å²) in [4.78, 5) is 0. The van der Waals surface area contributed by atoms with E-state index in [4.69, 9.17) is 11.6 Å². The fraction of sp³-hybridized carbons (Fsp3) is 0.111. The SMILES string of the molecule is Oc1cc2sc(Cl)cc2cc1CBr. The molecule has 68 valence electrons. The van der Waals surface area contributed by atoms with Crippen molar-refractivity contribution in [3.05, 3.63) is 28.1 Å². The van der Waals surface area contributed by atoms with Crippen LogP contribution in [0.3, 0.4) is 0 Å². The quantitative estimate of drug-likeness (QED) is 0.776. The molecule has 0 unspecified atom stereocenters. The highest BCUT2D eigenvalue weighted by Gasteiger charge is 2.05. The zero-order valence-electron chi connectivity index (χ0n) is 6.55. The van der Waals surface area contributed by atoms with E-state index >= 15 is 0 Å². The maximum absolute atomic E-state index is 9.55. The predicted molar refractivity (Wildman–Crippen MR) is 61.1 cm³/mol. The van der Waals surface area contributed by atoms with E-state index in [2.05, 4.69) is 15.9 Å². The molecule has 0 fully saturated rings. The number of rotatable bonds is 1. The van der Waals surface area contributed by atoms with Crippen LogP contribution in [0.1, 0.15) is 5.56 Å². The number of alkyl halides is 1. The highest BCUT2D eigenvalue weighted by Crippen LogP contribution is 2.34. The Hall–Kier alpha value is -0.250. The molecule has 0 spiro atoms. The van der Waals surface area contributed by atoms with Gasteiger partial charge in [-0.25, -0.2) is 0 Å². The van der Waals surface area contributed by atoms with Gasteiger partial charge in [-0.3, -0.25) is 0 Å². The maximum atomic E-state index is 9.55. The van der Waals surface area contributed by atoms with Crippen molar-refractivity contribution in [2.75, 3.05) is 0 Å². The van der Waals surface area contributed by atoms with Crippen LogP contribution in [0, 0.1) is 0 Å². The standard InChI is InChI=1S/C9H6BrClOS/c10-4-6-1-5-2-9(11)13-8(5)3-7(6)12/h1-3,12H,4H2. The summed E-state index contributed by atoms with van der Waals surface area (Å²) in [6.07, 6.45) is 0. The molecule has 0 atom stereocenters. The highest BCUT2D eigenvalue weighted by atomic mass is 79.9. The largest absolute Gasteiger partial charge is 0.508 e. The van der Waals surface area contributed by atoms with E-state index in [1.807, 2.05) is 12.1 Å². The summed E-state index contributed by atoms with van der Waals surface area (Å²) in [6, 6.07) is 5.61. The van der Waals surface area contributed by atoms with Crippen LogP contribution in [0.25, 0.3) is 10.1 Å². The van der Waals surface area contributed by atoms with Crippen molar-refractivity contribution in [2.24, 2.45) is 0 Å². The monoisotopic (exact) mass is 276 g/mol. The van der Waals surface area contributed by atoms with Gasteiger partial charge in [0.05, 0.1) is 4.34 Å². The van der Waals surface area contributed by atoms with E-state index in [1.165, 1.54) is 11.3 Å². The molecule has 13 heavy (non-hydrogen) atoms. The number of aromatic hydroxyl groups is 1. The fourth-order valence-corrected chi connectivity index (χ4v) is 2.82. The van der Waals surface area contributed by atoms with Crippen molar-refractivity contribution in [3.63, 3.8) is 0 Å². The van der Waals surface area contributed by atoms with Crippen LogP contribution < -0.4 is 0 Å². The minimum absolute atomic E-state index is 0.322. The first-order valence-corrected chi connectivity index (χ1v) is 5.99. The first-order chi connectivity index (χ1) is 6.20. The molecule has 1 aromatic carbocycles. The Kier molecular flexibility index (Phi) is 2.49. The van der Waals surface area contributed by atoms with Gasteiger partial charge in [-0.15, -0.1) is 11.3 Å². The summed E-state index contributed by atoms with van der Waals surface area (Å²) < 4.78 is 1.77. The summed E-state index contributed by atoms with van der Waals surface area (Å²) >= 11 is 10.6. The lowest BCUT2D eigenvalue weighted by Gasteiger charge is -1.99. The third-order valence-corrected chi connectivity index (χ3v) is 3.66. The van der Waals surface area contributed by atoms with Gasteiger partial charge in [0.15, 0.2) is 0 Å². The second kappa shape index (κ2) is 3.48. The molecule has 2 rings (SSSR count). The first kappa shape index (κ1) is 9.31. The number of benzene rings is 1. The van der Waals surface area contributed by atoms with Gasteiger partial charge in [0.1, 0.15) is 5.75 Å². The second-order valence-corrected chi connectivity index (χ2v) is 4.98. The fourth-order valence-electron chi connectivity index (χ4n) is 1.20. The molecule has 0 radical (unpaired) electrons. The minimum atomic E-state index is 0.322. The lowest BCUT2D eigenvalue weighted by atomic mass is 10.2. The van der Waals surface area contributed by atoms with Gasteiger partial charge in [0, 0.05) is 15.6 Å². The summed E-state index contributed by atoms with van der Waals surface area (Å²) in [5.74, 6) is 0.322. The van der Waals surface area contributed by atoms with Crippen molar-refractivity contribution >= 4 is 49.0 Å². The minimum Gasteiger partial charge on any atom is -0.508 e. The van der Waals surface area contributed by atoms with Crippen LogP contribution in [-0.2, 0) is 5.33 Å².